The van der Waals surface area contributed by atoms with Crippen LogP contribution in [0.25, 0.3) is 0 Å². The van der Waals surface area contributed by atoms with E-state index in [9.17, 15) is 0 Å². The van der Waals surface area contributed by atoms with Gasteiger partial charge in [-0.25, -0.2) is 0 Å². The summed E-state index contributed by atoms with van der Waals surface area (Å²) in [5, 5.41) is 3.47. The maximum atomic E-state index is 3.47. The fourth-order valence-electron chi connectivity index (χ4n) is 2.10. The van der Waals surface area contributed by atoms with Gasteiger partial charge in [-0.15, -0.1) is 0 Å². The van der Waals surface area contributed by atoms with Gasteiger partial charge in [-0.1, -0.05) is 20.8 Å². The van der Waals surface area contributed by atoms with E-state index >= 15 is 0 Å². The standard InChI is InChI=1S/C14H26N2/c1-6-7-15-9-14-8-12(4)16(13(14)5)10-11(2)3/h8,11,15H,6-7,9-10H2,1-5H3. The summed E-state index contributed by atoms with van der Waals surface area (Å²) in [6, 6.07) is 2.32. The highest BCUT2D eigenvalue weighted by Gasteiger charge is 2.09. The zero-order valence-electron chi connectivity index (χ0n) is 11.4. The Kier molecular flexibility index (Phi) is 5.07. The molecule has 1 aromatic heterocycles. The van der Waals surface area contributed by atoms with E-state index in [1.165, 1.54) is 23.4 Å². The van der Waals surface area contributed by atoms with Crippen molar-refractivity contribution >= 4 is 0 Å². The Bertz CT molecular complexity index is 324. The predicted octanol–water partition coefficient (Wildman–Crippen LogP) is 3.26. The molecular formula is C14H26N2. The van der Waals surface area contributed by atoms with E-state index in [-0.39, 0.29) is 0 Å². The van der Waals surface area contributed by atoms with Crippen molar-refractivity contribution in [2.75, 3.05) is 6.54 Å². The Hall–Kier alpha value is -0.760. The number of aryl methyl sites for hydroxylation is 1. The lowest BCUT2D eigenvalue weighted by molar-refractivity contribution is 0.507. The first kappa shape index (κ1) is 13.3. The second kappa shape index (κ2) is 6.09. The summed E-state index contributed by atoms with van der Waals surface area (Å²) in [6.45, 7) is 14.4. The molecule has 2 nitrogen and oxygen atoms in total. The van der Waals surface area contributed by atoms with Gasteiger partial charge in [0.2, 0.25) is 0 Å². The van der Waals surface area contributed by atoms with Gasteiger partial charge in [-0.2, -0.15) is 0 Å². The summed E-state index contributed by atoms with van der Waals surface area (Å²) in [6.07, 6.45) is 1.20. The monoisotopic (exact) mass is 222 g/mol. The minimum atomic E-state index is 0.709. The first-order valence-corrected chi connectivity index (χ1v) is 6.42. The molecule has 0 bridgehead atoms. The second-order valence-electron chi connectivity index (χ2n) is 5.08. The minimum absolute atomic E-state index is 0.709. The predicted molar refractivity (Wildman–Crippen MR) is 70.7 cm³/mol. The van der Waals surface area contributed by atoms with Crippen LogP contribution in [-0.2, 0) is 13.1 Å². The molecule has 1 N–H and O–H groups in total. The molecule has 1 heterocycles. The Morgan fingerprint density at radius 1 is 1.31 bits per heavy atom. The Morgan fingerprint density at radius 3 is 2.56 bits per heavy atom. The fourth-order valence-corrected chi connectivity index (χ4v) is 2.10. The molecule has 0 aliphatic carbocycles. The van der Waals surface area contributed by atoms with Crippen molar-refractivity contribution in [2.24, 2.45) is 5.92 Å². The minimum Gasteiger partial charge on any atom is -0.349 e. The van der Waals surface area contributed by atoms with E-state index in [2.05, 4.69) is 50.6 Å². The lowest BCUT2D eigenvalue weighted by Gasteiger charge is -2.12. The summed E-state index contributed by atoms with van der Waals surface area (Å²) in [4.78, 5) is 0. The zero-order chi connectivity index (χ0) is 12.1. The van der Waals surface area contributed by atoms with Crippen LogP contribution >= 0.6 is 0 Å². The maximum Gasteiger partial charge on any atom is 0.0247 e. The van der Waals surface area contributed by atoms with Crippen LogP contribution in [0.1, 0.15) is 44.1 Å². The van der Waals surface area contributed by atoms with E-state index in [1.54, 1.807) is 0 Å². The molecule has 0 aromatic carbocycles. The molecule has 0 aliphatic rings. The lowest BCUT2D eigenvalue weighted by Crippen LogP contribution is -2.14. The molecule has 0 aliphatic heterocycles. The van der Waals surface area contributed by atoms with Crippen molar-refractivity contribution in [3.63, 3.8) is 0 Å². The third kappa shape index (κ3) is 3.38. The number of hydrogen-bond donors (Lipinski definition) is 1. The van der Waals surface area contributed by atoms with Crippen molar-refractivity contribution in [1.29, 1.82) is 0 Å². The SMILES string of the molecule is CCCNCc1cc(C)n(CC(C)C)c1C. The van der Waals surface area contributed by atoms with Gasteiger partial charge in [-0.05, 0) is 44.4 Å². The average molecular weight is 222 g/mol. The summed E-state index contributed by atoms with van der Waals surface area (Å²) in [5.74, 6) is 0.709. The van der Waals surface area contributed by atoms with Crippen LogP contribution in [0.15, 0.2) is 6.07 Å². The molecule has 1 aromatic rings. The molecule has 0 unspecified atom stereocenters. The number of rotatable bonds is 6. The molecule has 0 atom stereocenters. The molecule has 0 amide bonds. The molecule has 16 heavy (non-hydrogen) atoms. The van der Waals surface area contributed by atoms with Gasteiger partial charge in [0, 0.05) is 24.5 Å². The van der Waals surface area contributed by atoms with Crippen molar-refractivity contribution in [2.45, 2.75) is 54.1 Å². The second-order valence-corrected chi connectivity index (χ2v) is 5.08. The lowest BCUT2D eigenvalue weighted by atomic mass is 10.2. The number of nitrogens with one attached hydrogen (secondary N) is 1. The molecular weight excluding hydrogens is 196 g/mol. The molecule has 2 heteroatoms. The largest absolute Gasteiger partial charge is 0.349 e. The van der Waals surface area contributed by atoms with Gasteiger partial charge in [0.15, 0.2) is 0 Å². The topological polar surface area (TPSA) is 17.0 Å². The van der Waals surface area contributed by atoms with Crippen LogP contribution in [0.5, 0.6) is 0 Å². The van der Waals surface area contributed by atoms with Crippen LogP contribution in [0.4, 0.5) is 0 Å². The zero-order valence-corrected chi connectivity index (χ0v) is 11.4. The number of nitrogens with zero attached hydrogens (tertiary/aromatic N) is 1. The Balaban J connectivity index is 2.72. The fraction of sp³-hybridized carbons (Fsp3) is 0.714. The van der Waals surface area contributed by atoms with Crippen LogP contribution < -0.4 is 5.32 Å². The van der Waals surface area contributed by atoms with Crippen molar-refractivity contribution in [3.05, 3.63) is 23.0 Å². The quantitative estimate of drug-likeness (QED) is 0.731. The van der Waals surface area contributed by atoms with E-state index < -0.39 is 0 Å². The van der Waals surface area contributed by atoms with E-state index in [1.807, 2.05) is 0 Å². The summed E-state index contributed by atoms with van der Waals surface area (Å²) in [7, 11) is 0. The maximum absolute atomic E-state index is 3.47. The smallest absolute Gasteiger partial charge is 0.0247 e. The highest BCUT2D eigenvalue weighted by molar-refractivity contribution is 5.26. The highest BCUT2D eigenvalue weighted by atomic mass is 15.0. The number of hydrogen-bond acceptors (Lipinski definition) is 1. The molecule has 1 rings (SSSR count). The van der Waals surface area contributed by atoms with E-state index in [0.29, 0.717) is 5.92 Å². The molecule has 0 saturated heterocycles. The van der Waals surface area contributed by atoms with E-state index in [4.69, 9.17) is 0 Å². The normalized spacial score (nSPS) is 11.4. The molecule has 0 radical (unpaired) electrons. The summed E-state index contributed by atoms with van der Waals surface area (Å²) in [5.41, 5.74) is 4.26. The van der Waals surface area contributed by atoms with Crippen LogP contribution in [-0.4, -0.2) is 11.1 Å². The van der Waals surface area contributed by atoms with E-state index in [0.717, 1.165) is 19.6 Å². The third-order valence-electron chi connectivity index (χ3n) is 2.97. The van der Waals surface area contributed by atoms with Crippen LogP contribution in [0.2, 0.25) is 0 Å². The van der Waals surface area contributed by atoms with Crippen molar-refractivity contribution in [1.82, 2.24) is 9.88 Å². The van der Waals surface area contributed by atoms with Gasteiger partial charge in [0.25, 0.3) is 0 Å². The Labute approximate surface area is 100 Å². The van der Waals surface area contributed by atoms with Crippen molar-refractivity contribution in [3.8, 4) is 0 Å². The van der Waals surface area contributed by atoms with Crippen LogP contribution in [0, 0.1) is 19.8 Å². The van der Waals surface area contributed by atoms with Gasteiger partial charge in [0.05, 0.1) is 0 Å². The summed E-state index contributed by atoms with van der Waals surface area (Å²) < 4.78 is 2.44. The molecule has 92 valence electrons. The number of aromatic nitrogens is 1. The van der Waals surface area contributed by atoms with Gasteiger partial charge in [0.1, 0.15) is 0 Å². The highest BCUT2D eigenvalue weighted by Crippen LogP contribution is 2.16. The van der Waals surface area contributed by atoms with Gasteiger partial charge in [-0.3, -0.25) is 0 Å². The summed E-state index contributed by atoms with van der Waals surface area (Å²) >= 11 is 0. The molecule has 0 spiro atoms. The first-order chi connectivity index (χ1) is 7.56. The molecule has 0 saturated carbocycles. The Morgan fingerprint density at radius 2 is 2.00 bits per heavy atom. The van der Waals surface area contributed by atoms with Gasteiger partial charge < -0.3 is 9.88 Å². The molecule has 0 fully saturated rings. The van der Waals surface area contributed by atoms with Gasteiger partial charge >= 0.3 is 0 Å². The first-order valence-electron chi connectivity index (χ1n) is 6.42. The average Bonchev–Trinajstić information content (AvgIpc) is 2.46. The third-order valence-corrected chi connectivity index (χ3v) is 2.97. The van der Waals surface area contributed by atoms with Crippen molar-refractivity contribution < 1.29 is 0 Å². The van der Waals surface area contributed by atoms with Crippen LogP contribution in [0.3, 0.4) is 0 Å².